The van der Waals surface area contributed by atoms with Gasteiger partial charge in [-0.25, -0.2) is 0 Å². The second-order valence-corrected chi connectivity index (χ2v) is 10.3. The number of esters is 1. The summed E-state index contributed by atoms with van der Waals surface area (Å²) < 4.78 is 6.05. The summed E-state index contributed by atoms with van der Waals surface area (Å²) in [5, 5.41) is 38.3. The highest BCUT2D eigenvalue weighted by molar-refractivity contribution is 5.76. The minimum absolute atomic E-state index is 0.0243. The monoisotopic (exact) mass is 452 g/mol. The molecule has 182 valence electrons. The van der Waals surface area contributed by atoms with Crippen LogP contribution in [0.25, 0.3) is 0 Å². The van der Waals surface area contributed by atoms with E-state index in [0.717, 1.165) is 12.0 Å². The van der Waals surface area contributed by atoms with Gasteiger partial charge in [0.05, 0.1) is 24.0 Å². The van der Waals surface area contributed by atoms with Gasteiger partial charge in [0.15, 0.2) is 0 Å². The van der Waals surface area contributed by atoms with Crippen LogP contribution < -0.4 is 0 Å². The molecule has 0 aromatic carbocycles. The molecule has 0 aromatic rings. The number of hydrogen-bond acceptors (Lipinski definition) is 6. The van der Waals surface area contributed by atoms with Gasteiger partial charge in [-0.2, -0.15) is 0 Å². The molecule has 0 spiro atoms. The number of carboxylic acids is 1. The topological polar surface area (TPSA) is 124 Å². The minimum atomic E-state index is -1.09. The Kier molecular flexibility index (Phi) is 9.49. The van der Waals surface area contributed by atoms with Crippen LogP contribution in [0.1, 0.15) is 66.2 Å². The van der Waals surface area contributed by atoms with E-state index in [1.165, 1.54) is 0 Å². The lowest BCUT2D eigenvalue weighted by Gasteiger charge is -2.44. The van der Waals surface area contributed by atoms with E-state index >= 15 is 0 Å². The number of carboxylic acid groups (broad SMARTS) is 1. The second kappa shape index (κ2) is 11.4. The number of carbonyl (C=O) groups is 2. The number of ether oxygens (including phenoxy) is 1. The van der Waals surface area contributed by atoms with Gasteiger partial charge in [-0.15, -0.1) is 0 Å². The normalized spacial score (nSPS) is 29.6. The largest absolute Gasteiger partial charge is 0.481 e. The Hall–Kier alpha value is -1.70. The molecular formula is C25H40O7. The van der Waals surface area contributed by atoms with Crippen molar-refractivity contribution in [3.63, 3.8) is 0 Å². The van der Waals surface area contributed by atoms with Gasteiger partial charge in [-0.3, -0.25) is 9.59 Å². The Labute approximate surface area is 191 Å². The summed E-state index contributed by atoms with van der Waals surface area (Å²) in [4.78, 5) is 23.6. The van der Waals surface area contributed by atoms with Gasteiger partial charge in [0.1, 0.15) is 6.10 Å². The zero-order valence-electron chi connectivity index (χ0n) is 19.7. The fraction of sp³-hybridized carbons (Fsp3) is 0.760. The van der Waals surface area contributed by atoms with E-state index in [9.17, 15) is 24.9 Å². The Bertz CT molecular complexity index is 711. The number of hydrogen-bond donors (Lipinski definition) is 4. The van der Waals surface area contributed by atoms with Gasteiger partial charge in [0.2, 0.25) is 0 Å². The SMILES string of the molecule is C[C@H]1C=C2C=C[C@H](C)[C@H](CC[C@@H](O)C[C@@H](O)CC(=O)O)[C@H]2[C@@H](OC(=O)C(C)(C)CCO)C1. The van der Waals surface area contributed by atoms with E-state index < -0.39 is 23.6 Å². The van der Waals surface area contributed by atoms with E-state index in [2.05, 4.69) is 32.1 Å². The third kappa shape index (κ3) is 7.15. The van der Waals surface area contributed by atoms with Crippen molar-refractivity contribution in [1.82, 2.24) is 0 Å². The van der Waals surface area contributed by atoms with Gasteiger partial charge in [-0.05, 0) is 69.3 Å². The maximum Gasteiger partial charge on any atom is 0.311 e. The van der Waals surface area contributed by atoms with Gasteiger partial charge in [0, 0.05) is 12.5 Å². The third-order valence-corrected chi connectivity index (χ3v) is 6.93. The maximum absolute atomic E-state index is 12.9. The van der Waals surface area contributed by atoms with Crippen LogP contribution in [-0.4, -0.2) is 57.3 Å². The van der Waals surface area contributed by atoms with Gasteiger partial charge in [-0.1, -0.05) is 32.1 Å². The average Bonchev–Trinajstić information content (AvgIpc) is 2.66. The molecule has 0 fully saturated rings. The van der Waals surface area contributed by atoms with Crippen molar-refractivity contribution in [1.29, 1.82) is 0 Å². The molecule has 0 aromatic heterocycles. The maximum atomic E-state index is 12.9. The average molecular weight is 453 g/mol. The van der Waals surface area contributed by atoms with E-state index in [1.807, 2.05) is 0 Å². The molecule has 2 aliphatic rings. The smallest absolute Gasteiger partial charge is 0.311 e. The molecule has 7 nitrogen and oxygen atoms in total. The quantitative estimate of drug-likeness (QED) is 0.355. The molecule has 0 aliphatic heterocycles. The van der Waals surface area contributed by atoms with Crippen LogP contribution in [-0.2, 0) is 14.3 Å². The molecule has 2 rings (SSSR count). The van der Waals surface area contributed by atoms with Crippen molar-refractivity contribution in [3.05, 3.63) is 23.8 Å². The van der Waals surface area contributed by atoms with E-state index in [-0.39, 0.29) is 55.2 Å². The lowest BCUT2D eigenvalue weighted by molar-refractivity contribution is -0.165. The first-order valence-electron chi connectivity index (χ1n) is 11.7. The number of allylic oxidation sites excluding steroid dienone is 3. The molecular weight excluding hydrogens is 412 g/mol. The molecule has 0 saturated heterocycles. The highest BCUT2D eigenvalue weighted by Crippen LogP contribution is 2.45. The molecule has 7 heteroatoms. The fourth-order valence-electron chi connectivity index (χ4n) is 5.00. The van der Waals surface area contributed by atoms with E-state index in [1.54, 1.807) is 13.8 Å². The van der Waals surface area contributed by atoms with Crippen LogP contribution in [0.4, 0.5) is 0 Å². The molecule has 7 atom stereocenters. The zero-order chi connectivity index (χ0) is 24.1. The molecule has 0 heterocycles. The molecule has 0 unspecified atom stereocenters. The van der Waals surface area contributed by atoms with Crippen LogP contribution in [0.5, 0.6) is 0 Å². The zero-order valence-corrected chi connectivity index (χ0v) is 19.7. The molecule has 32 heavy (non-hydrogen) atoms. The number of carbonyl (C=O) groups excluding carboxylic acids is 1. The predicted molar refractivity (Wildman–Crippen MR) is 121 cm³/mol. The summed E-state index contributed by atoms with van der Waals surface area (Å²) in [5.74, 6) is -0.706. The summed E-state index contributed by atoms with van der Waals surface area (Å²) in [7, 11) is 0. The number of aliphatic carboxylic acids is 1. The first-order chi connectivity index (χ1) is 14.9. The van der Waals surface area contributed by atoms with Gasteiger partial charge < -0.3 is 25.2 Å². The van der Waals surface area contributed by atoms with Gasteiger partial charge >= 0.3 is 11.9 Å². The Morgan fingerprint density at radius 2 is 1.91 bits per heavy atom. The van der Waals surface area contributed by atoms with Crippen molar-refractivity contribution >= 4 is 11.9 Å². The minimum Gasteiger partial charge on any atom is -0.481 e. The standard InChI is InChI=1S/C25H40O7/c1-15-11-17-6-5-16(2)20(8-7-18(27)13-19(28)14-22(29)30)23(17)21(12-15)32-24(31)25(3,4)9-10-26/h5-6,11,15-16,18-21,23,26-28H,7-10,12-14H2,1-4H3,(H,29,30)/t15-,16-,18+,19+,20-,21-,23-/m0/s1. The van der Waals surface area contributed by atoms with Crippen LogP contribution in [0.2, 0.25) is 0 Å². The number of rotatable bonds is 11. The van der Waals surface area contributed by atoms with E-state index in [0.29, 0.717) is 19.3 Å². The van der Waals surface area contributed by atoms with Crippen LogP contribution in [0.15, 0.2) is 23.8 Å². The van der Waals surface area contributed by atoms with Crippen molar-refractivity contribution < 1.29 is 34.8 Å². The van der Waals surface area contributed by atoms with Crippen molar-refractivity contribution in [2.75, 3.05) is 6.61 Å². The number of aliphatic hydroxyl groups excluding tert-OH is 3. The summed E-state index contributed by atoms with van der Waals surface area (Å²) in [6, 6.07) is 0. The highest BCUT2D eigenvalue weighted by Gasteiger charge is 2.43. The van der Waals surface area contributed by atoms with Crippen LogP contribution in [0, 0.1) is 29.1 Å². The lowest BCUT2D eigenvalue weighted by Crippen LogP contribution is -2.43. The molecule has 4 N–H and O–H groups in total. The number of aliphatic hydroxyl groups is 3. The molecule has 0 bridgehead atoms. The van der Waals surface area contributed by atoms with Crippen LogP contribution >= 0.6 is 0 Å². The number of fused-ring (bicyclic) bond motifs is 1. The Morgan fingerprint density at radius 3 is 2.53 bits per heavy atom. The Morgan fingerprint density at radius 1 is 1.22 bits per heavy atom. The summed E-state index contributed by atoms with van der Waals surface area (Å²) in [6.07, 6.45) is 6.21. The summed E-state index contributed by atoms with van der Waals surface area (Å²) >= 11 is 0. The molecule has 0 amide bonds. The van der Waals surface area contributed by atoms with Gasteiger partial charge in [0.25, 0.3) is 0 Å². The first-order valence-corrected chi connectivity index (χ1v) is 11.7. The summed E-state index contributed by atoms with van der Waals surface area (Å²) in [6.45, 7) is 7.72. The Balaban J connectivity index is 2.12. The van der Waals surface area contributed by atoms with Crippen molar-refractivity contribution in [2.24, 2.45) is 29.1 Å². The second-order valence-electron chi connectivity index (χ2n) is 10.3. The van der Waals surface area contributed by atoms with E-state index in [4.69, 9.17) is 9.84 Å². The highest BCUT2D eigenvalue weighted by atomic mass is 16.5. The molecule has 0 radical (unpaired) electrons. The molecule has 0 saturated carbocycles. The fourth-order valence-corrected chi connectivity index (χ4v) is 5.00. The first kappa shape index (κ1) is 26.6. The van der Waals surface area contributed by atoms with Crippen molar-refractivity contribution in [2.45, 2.75) is 84.5 Å². The molecule has 2 aliphatic carbocycles. The predicted octanol–water partition coefficient (Wildman–Crippen LogP) is 3.08. The summed E-state index contributed by atoms with van der Waals surface area (Å²) in [5.41, 5.74) is 0.395. The van der Waals surface area contributed by atoms with Crippen LogP contribution in [0.3, 0.4) is 0 Å². The lowest BCUT2D eigenvalue weighted by atomic mass is 9.65. The van der Waals surface area contributed by atoms with Crippen molar-refractivity contribution in [3.8, 4) is 0 Å². The third-order valence-electron chi connectivity index (χ3n) is 6.93.